The predicted octanol–water partition coefficient (Wildman–Crippen LogP) is 1.89. The molecule has 0 amide bonds. The zero-order chi connectivity index (χ0) is 11.4. The van der Waals surface area contributed by atoms with Crippen LogP contribution >= 0.6 is 0 Å². The molecule has 0 radical (unpaired) electrons. The molecule has 5 nitrogen and oxygen atoms in total. The molecule has 0 aliphatic rings. The molecule has 15 heavy (non-hydrogen) atoms. The molecule has 0 aromatic carbocycles. The van der Waals surface area contributed by atoms with E-state index in [1.54, 1.807) is 6.92 Å². The van der Waals surface area contributed by atoms with Crippen molar-refractivity contribution in [1.29, 1.82) is 0 Å². The molecule has 1 heterocycles. The summed E-state index contributed by atoms with van der Waals surface area (Å²) in [7, 11) is 1.45. The number of aryl methyl sites for hydroxylation is 1. The van der Waals surface area contributed by atoms with Crippen molar-refractivity contribution in [1.82, 2.24) is 9.78 Å². The summed E-state index contributed by atoms with van der Waals surface area (Å²) in [5.74, 6) is -0.286. The number of alkyl halides is 2. The number of aromatic nitrogens is 2. The molecule has 0 spiro atoms. The van der Waals surface area contributed by atoms with Gasteiger partial charge in [0.05, 0.1) is 12.8 Å². The summed E-state index contributed by atoms with van der Waals surface area (Å²) in [6.07, 6.45) is -2.64. The number of rotatable bonds is 3. The molecule has 0 N–H and O–H groups in total. The van der Waals surface area contributed by atoms with Crippen molar-refractivity contribution < 1.29 is 23.0 Å². The summed E-state index contributed by atoms with van der Waals surface area (Å²) < 4.78 is 34.9. The number of ether oxygens (including phenoxy) is 2. The fourth-order valence-electron chi connectivity index (χ4n) is 0.951. The van der Waals surface area contributed by atoms with Crippen molar-refractivity contribution in [2.45, 2.75) is 13.3 Å². The Balaban J connectivity index is 2.79. The van der Waals surface area contributed by atoms with Crippen LogP contribution in [0.2, 0.25) is 0 Å². The number of carbonyl (C=O) groups excluding carboxylic acids is 1. The molecule has 0 fully saturated rings. The topological polar surface area (TPSA) is 53.4 Å². The van der Waals surface area contributed by atoms with Crippen LogP contribution in [0.25, 0.3) is 0 Å². The standard InChI is InChI=1S/C8H10F2N2O3/c1-3-14-8(13)15-5-4-12(2)11-6(5)7(9)10/h4,7H,3H2,1-2H3. The van der Waals surface area contributed by atoms with Gasteiger partial charge in [0.15, 0.2) is 11.4 Å². The number of halogens is 2. The molecule has 1 aromatic heterocycles. The maximum absolute atomic E-state index is 12.4. The Bertz CT molecular complexity index is 352. The molecule has 0 saturated heterocycles. The number of hydrogen-bond donors (Lipinski definition) is 0. The molecule has 0 saturated carbocycles. The van der Waals surface area contributed by atoms with Gasteiger partial charge in [0.1, 0.15) is 0 Å². The summed E-state index contributed by atoms with van der Waals surface area (Å²) >= 11 is 0. The lowest BCUT2D eigenvalue weighted by Gasteiger charge is -2.02. The molecule has 84 valence electrons. The highest BCUT2D eigenvalue weighted by atomic mass is 19.3. The van der Waals surface area contributed by atoms with Gasteiger partial charge < -0.3 is 9.47 Å². The van der Waals surface area contributed by atoms with Crippen LogP contribution in [0.3, 0.4) is 0 Å². The third-order valence-electron chi connectivity index (χ3n) is 1.48. The summed E-state index contributed by atoms with van der Waals surface area (Å²) in [6, 6.07) is 0. The lowest BCUT2D eigenvalue weighted by atomic mass is 10.4. The van der Waals surface area contributed by atoms with Crippen LogP contribution in [-0.2, 0) is 11.8 Å². The Morgan fingerprint density at radius 3 is 2.87 bits per heavy atom. The summed E-state index contributed by atoms with van der Waals surface area (Å²) in [6.45, 7) is 1.70. The van der Waals surface area contributed by atoms with Gasteiger partial charge in [-0.25, -0.2) is 13.6 Å². The van der Waals surface area contributed by atoms with Crippen molar-refractivity contribution in [3.63, 3.8) is 0 Å². The van der Waals surface area contributed by atoms with E-state index in [2.05, 4.69) is 14.6 Å². The minimum Gasteiger partial charge on any atom is -0.434 e. The maximum Gasteiger partial charge on any atom is 0.513 e. The molecule has 0 bridgehead atoms. The zero-order valence-electron chi connectivity index (χ0n) is 8.24. The second kappa shape index (κ2) is 4.72. The van der Waals surface area contributed by atoms with Gasteiger partial charge in [-0.15, -0.1) is 0 Å². The largest absolute Gasteiger partial charge is 0.513 e. The average molecular weight is 220 g/mol. The van der Waals surface area contributed by atoms with Crippen LogP contribution in [0.5, 0.6) is 5.75 Å². The van der Waals surface area contributed by atoms with Crippen LogP contribution in [0.1, 0.15) is 19.0 Å². The Labute approximate surface area is 84.6 Å². The van der Waals surface area contributed by atoms with Crippen LogP contribution in [0, 0.1) is 0 Å². The minimum atomic E-state index is -2.80. The third kappa shape index (κ3) is 2.90. The van der Waals surface area contributed by atoms with Crippen molar-refractivity contribution in [2.75, 3.05) is 6.61 Å². The van der Waals surface area contributed by atoms with E-state index >= 15 is 0 Å². The van der Waals surface area contributed by atoms with Crippen molar-refractivity contribution >= 4 is 6.16 Å². The third-order valence-corrected chi connectivity index (χ3v) is 1.48. The van der Waals surface area contributed by atoms with E-state index in [9.17, 15) is 13.6 Å². The lowest BCUT2D eigenvalue weighted by Crippen LogP contribution is -2.10. The van der Waals surface area contributed by atoms with E-state index in [0.29, 0.717) is 0 Å². The van der Waals surface area contributed by atoms with Gasteiger partial charge in [-0.05, 0) is 6.92 Å². The van der Waals surface area contributed by atoms with E-state index in [0.717, 1.165) is 4.68 Å². The van der Waals surface area contributed by atoms with Crippen LogP contribution in [0.15, 0.2) is 6.20 Å². The van der Waals surface area contributed by atoms with Gasteiger partial charge in [0.2, 0.25) is 0 Å². The highest BCUT2D eigenvalue weighted by Gasteiger charge is 2.21. The average Bonchev–Trinajstić information content (AvgIpc) is 2.47. The molecular formula is C8H10F2N2O3. The first-order valence-corrected chi connectivity index (χ1v) is 4.21. The summed E-state index contributed by atoms with van der Waals surface area (Å²) in [5, 5.41) is 3.46. The number of hydrogen-bond acceptors (Lipinski definition) is 4. The van der Waals surface area contributed by atoms with E-state index < -0.39 is 18.3 Å². The van der Waals surface area contributed by atoms with Gasteiger partial charge >= 0.3 is 6.16 Å². The monoisotopic (exact) mass is 220 g/mol. The van der Waals surface area contributed by atoms with E-state index in [1.807, 2.05) is 0 Å². The number of carbonyl (C=O) groups is 1. The fraction of sp³-hybridized carbons (Fsp3) is 0.500. The van der Waals surface area contributed by atoms with E-state index in [1.165, 1.54) is 13.2 Å². The zero-order valence-corrected chi connectivity index (χ0v) is 8.24. The summed E-state index contributed by atoms with van der Waals surface area (Å²) in [5.41, 5.74) is -0.578. The highest BCUT2D eigenvalue weighted by molar-refractivity contribution is 5.64. The Morgan fingerprint density at radius 1 is 1.67 bits per heavy atom. The van der Waals surface area contributed by atoms with Gasteiger partial charge in [0.25, 0.3) is 6.43 Å². The van der Waals surface area contributed by atoms with Gasteiger partial charge in [0, 0.05) is 7.05 Å². The predicted molar refractivity (Wildman–Crippen MR) is 45.8 cm³/mol. The Kier molecular flexibility index (Phi) is 3.59. The molecule has 7 heteroatoms. The first-order chi connectivity index (χ1) is 7.04. The summed E-state index contributed by atoms with van der Waals surface area (Å²) in [4.78, 5) is 10.9. The second-order valence-electron chi connectivity index (χ2n) is 2.64. The second-order valence-corrected chi connectivity index (χ2v) is 2.64. The maximum atomic E-state index is 12.4. The number of nitrogens with zero attached hydrogens (tertiary/aromatic N) is 2. The normalized spacial score (nSPS) is 10.5. The van der Waals surface area contributed by atoms with Crippen molar-refractivity contribution in [2.24, 2.45) is 7.05 Å². The first kappa shape index (κ1) is 11.4. The molecule has 0 atom stereocenters. The molecular weight excluding hydrogens is 210 g/mol. The van der Waals surface area contributed by atoms with Crippen LogP contribution < -0.4 is 4.74 Å². The Hall–Kier alpha value is -1.66. The van der Waals surface area contributed by atoms with Crippen molar-refractivity contribution in [3.8, 4) is 5.75 Å². The van der Waals surface area contributed by atoms with Gasteiger partial charge in [-0.1, -0.05) is 0 Å². The SMILES string of the molecule is CCOC(=O)Oc1cn(C)nc1C(F)F. The first-order valence-electron chi connectivity index (χ1n) is 4.21. The van der Waals surface area contributed by atoms with E-state index in [-0.39, 0.29) is 12.4 Å². The molecule has 0 aliphatic heterocycles. The van der Waals surface area contributed by atoms with Crippen LogP contribution in [-0.4, -0.2) is 22.5 Å². The minimum absolute atomic E-state index is 0.114. The fourth-order valence-corrected chi connectivity index (χ4v) is 0.951. The van der Waals surface area contributed by atoms with Gasteiger partial charge in [-0.3, -0.25) is 4.68 Å². The highest BCUT2D eigenvalue weighted by Crippen LogP contribution is 2.27. The smallest absolute Gasteiger partial charge is 0.434 e. The lowest BCUT2D eigenvalue weighted by molar-refractivity contribution is 0.0996. The quantitative estimate of drug-likeness (QED) is 0.730. The van der Waals surface area contributed by atoms with Gasteiger partial charge in [-0.2, -0.15) is 5.10 Å². The molecule has 0 unspecified atom stereocenters. The molecule has 0 aliphatic carbocycles. The molecule has 1 rings (SSSR count). The van der Waals surface area contributed by atoms with Crippen LogP contribution in [0.4, 0.5) is 13.6 Å². The van der Waals surface area contributed by atoms with Crippen molar-refractivity contribution in [3.05, 3.63) is 11.9 Å². The van der Waals surface area contributed by atoms with E-state index in [4.69, 9.17) is 0 Å². The Morgan fingerprint density at radius 2 is 2.33 bits per heavy atom. The molecule has 1 aromatic rings.